The van der Waals surface area contributed by atoms with Crippen molar-refractivity contribution in [1.82, 2.24) is 10.2 Å². The molecular weight excluding hydrogens is 416 g/mol. The molecule has 0 aromatic heterocycles. The fourth-order valence-electron chi connectivity index (χ4n) is 6.28. The van der Waals surface area contributed by atoms with Crippen molar-refractivity contribution in [2.24, 2.45) is 11.8 Å². The third-order valence-electron chi connectivity index (χ3n) is 8.33. The van der Waals surface area contributed by atoms with Gasteiger partial charge in [0.2, 0.25) is 11.8 Å². The molecule has 1 heterocycles. The lowest BCUT2D eigenvalue weighted by molar-refractivity contribution is -0.135. The number of morpholine rings is 1. The smallest absolute Gasteiger partial charge is 0.230 e. The molecule has 2 amide bonds. The molecule has 4 fully saturated rings. The van der Waals surface area contributed by atoms with Gasteiger partial charge in [0.25, 0.3) is 0 Å². The lowest BCUT2D eigenvalue weighted by Gasteiger charge is -2.59. The SMILES string of the molecule is Cc1cc(CCC(=O)N2CCOCC2)cc(C(C)(C)C(=O)N[C@H]2C=C3C4C[C@H]2C[C@]3(O)C4)c1. The fourth-order valence-corrected chi connectivity index (χ4v) is 6.28. The van der Waals surface area contributed by atoms with Gasteiger partial charge in [0, 0.05) is 19.5 Å². The molecule has 0 spiro atoms. The van der Waals surface area contributed by atoms with Crippen molar-refractivity contribution >= 4 is 11.8 Å². The summed E-state index contributed by atoms with van der Waals surface area (Å²) in [4.78, 5) is 27.8. The second-order valence-corrected chi connectivity index (χ2v) is 11.1. The van der Waals surface area contributed by atoms with Crippen LogP contribution in [0, 0.1) is 18.8 Å². The number of fused-ring (bicyclic) bond motifs is 1. The minimum Gasteiger partial charge on any atom is -0.385 e. The highest BCUT2D eigenvalue weighted by Gasteiger charge is 2.58. The minimum absolute atomic E-state index is 0.0125. The molecule has 7 rings (SSSR count). The fraction of sp³-hybridized carbons (Fsp3) is 0.630. The van der Waals surface area contributed by atoms with E-state index in [0.717, 1.165) is 41.5 Å². The first kappa shape index (κ1) is 22.6. The van der Waals surface area contributed by atoms with Crippen LogP contribution in [-0.4, -0.2) is 59.8 Å². The number of carbonyl (C=O) groups excluding carboxylic acids is 2. The monoisotopic (exact) mass is 452 g/mol. The standard InChI is InChI=1S/C27H36N2O4/c1-17-10-18(4-5-24(30)29-6-8-33-9-7-29)12-21(11-17)26(2,3)25(31)28-23-14-22-19-13-20(23)16-27(22,32)15-19/h10-12,14,19-20,23,32H,4-9,13,15-16H2,1-3H3,(H,28,31)/t19?,20-,23-,27+/m0/s1. The summed E-state index contributed by atoms with van der Waals surface area (Å²) in [5.41, 5.74) is 3.04. The van der Waals surface area contributed by atoms with E-state index in [9.17, 15) is 14.7 Å². The Labute approximate surface area is 196 Å². The van der Waals surface area contributed by atoms with Crippen LogP contribution < -0.4 is 5.32 Å². The molecule has 4 atom stereocenters. The van der Waals surface area contributed by atoms with Crippen molar-refractivity contribution in [3.63, 3.8) is 0 Å². The normalized spacial score (nSPS) is 30.5. The second-order valence-electron chi connectivity index (χ2n) is 11.1. The summed E-state index contributed by atoms with van der Waals surface area (Å²) in [6, 6.07) is 6.29. The van der Waals surface area contributed by atoms with Crippen LogP contribution >= 0.6 is 0 Å². The van der Waals surface area contributed by atoms with Crippen LogP contribution in [-0.2, 0) is 26.2 Å². The van der Waals surface area contributed by atoms with Gasteiger partial charge in [-0.05, 0) is 75.0 Å². The predicted octanol–water partition coefficient (Wildman–Crippen LogP) is 2.65. The Kier molecular flexibility index (Phi) is 5.65. The maximum atomic E-state index is 13.4. The van der Waals surface area contributed by atoms with Gasteiger partial charge in [0.1, 0.15) is 0 Å². The number of benzene rings is 1. The molecular formula is C27H36N2O4. The predicted molar refractivity (Wildman–Crippen MR) is 126 cm³/mol. The maximum Gasteiger partial charge on any atom is 0.230 e. The number of aliphatic hydroxyl groups is 1. The van der Waals surface area contributed by atoms with Gasteiger partial charge in [-0.15, -0.1) is 0 Å². The van der Waals surface area contributed by atoms with E-state index in [1.165, 1.54) is 0 Å². The van der Waals surface area contributed by atoms with Gasteiger partial charge in [-0.1, -0.05) is 29.8 Å². The first-order chi connectivity index (χ1) is 15.7. The summed E-state index contributed by atoms with van der Waals surface area (Å²) in [6.45, 7) is 8.55. The van der Waals surface area contributed by atoms with Crippen molar-refractivity contribution in [1.29, 1.82) is 0 Å². The number of aryl methyl sites for hydroxylation is 2. The second kappa shape index (κ2) is 8.24. The largest absolute Gasteiger partial charge is 0.385 e. The summed E-state index contributed by atoms with van der Waals surface area (Å²) < 4.78 is 5.34. The quantitative estimate of drug-likeness (QED) is 0.651. The van der Waals surface area contributed by atoms with E-state index in [1.807, 2.05) is 25.7 Å². The number of carbonyl (C=O) groups is 2. The highest BCUT2D eigenvalue weighted by molar-refractivity contribution is 5.88. The van der Waals surface area contributed by atoms with Crippen LogP contribution in [0.1, 0.15) is 56.2 Å². The number of rotatable bonds is 6. The van der Waals surface area contributed by atoms with E-state index >= 15 is 0 Å². The maximum absolute atomic E-state index is 13.4. The molecule has 33 heavy (non-hydrogen) atoms. The average Bonchev–Trinajstić information content (AvgIpc) is 2.79. The average molecular weight is 453 g/mol. The molecule has 6 heteroatoms. The van der Waals surface area contributed by atoms with Crippen LogP contribution in [0.25, 0.3) is 0 Å². The van der Waals surface area contributed by atoms with E-state index in [0.29, 0.717) is 51.0 Å². The van der Waals surface area contributed by atoms with Gasteiger partial charge in [-0.25, -0.2) is 0 Å². The van der Waals surface area contributed by atoms with Crippen LogP contribution in [0.5, 0.6) is 0 Å². The molecule has 4 bridgehead atoms. The molecule has 1 unspecified atom stereocenters. The van der Waals surface area contributed by atoms with E-state index in [1.54, 1.807) is 0 Å². The Morgan fingerprint density at radius 3 is 2.64 bits per heavy atom. The molecule has 6 nitrogen and oxygen atoms in total. The van der Waals surface area contributed by atoms with Crippen LogP contribution in [0.2, 0.25) is 0 Å². The number of nitrogens with one attached hydrogen (secondary N) is 1. The van der Waals surface area contributed by atoms with Gasteiger partial charge >= 0.3 is 0 Å². The van der Waals surface area contributed by atoms with Crippen molar-refractivity contribution in [2.45, 2.75) is 69.9 Å². The molecule has 1 aromatic carbocycles. The zero-order valence-electron chi connectivity index (χ0n) is 20.0. The highest BCUT2D eigenvalue weighted by Crippen LogP contribution is 2.59. The first-order valence-corrected chi connectivity index (χ1v) is 12.4. The lowest BCUT2D eigenvalue weighted by Crippen LogP contribution is -2.62. The van der Waals surface area contributed by atoms with Crippen molar-refractivity contribution in [3.8, 4) is 0 Å². The lowest BCUT2D eigenvalue weighted by atomic mass is 9.50. The van der Waals surface area contributed by atoms with Gasteiger partial charge in [0.05, 0.1) is 30.3 Å². The number of hydrogen-bond acceptors (Lipinski definition) is 4. The Morgan fingerprint density at radius 1 is 1.21 bits per heavy atom. The minimum atomic E-state index is -0.690. The zero-order chi connectivity index (χ0) is 23.4. The summed E-state index contributed by atoms with van der Waals surface area (Å²) in [7, 11) is 0. The molecule has 2 N–H and O–H groups in total. The molecule has 5 aliphatic carbocycles. The first-order valence-electron chi connectivity index (χ1n) is 12.4. The molecule has 1 aliphatic heterocycles. The van der Waals surface area contributed by atoms with Crippen molar-refractivity contribution in [3.05, 3.63) is 46.5 Å². The molecule has 1 aromatic rings. The number of amides is 2. The molecule has 178 valence electrons. The number of ether oxygens (including phenoxy) is 1. The Balaban J connectivity index is 1.26. The molecule has 0 radical (unpaired) electrons. The summed E-state index contributed by atoms with van der Waals surface area (Å²) in [6.07, 6.45) is 5.99. The zero-order valence-corrected chi connectivity index (χ0v) is 20.0. The Bertz CT molecular complexity index is 994. The van der Waals surface area contributed by atoms with Crippen LogP contribution in [0.15, 0.2) is 29.8 Å². The van der Waals surface area contributed by atoms with E-state index < -0.39 is 11.0 Å². The van der Waals surface area contributed by atoms with E-state index in [4.69, 9.17) is 4.74 Å². The van der Waals surface area contributed by atoms with Crippen molar-refractivity contribution < 1.29 is 19.4 Å². The third kappa shape index (κ3) is 4.12. The third-order valence-corrected chi connectivity index (χ3v) is 8.33. The van der Waals surface area contributed by atoms with E-state index in [2.05, 4.69) is 29.6 Å². The summed E-state index contributed by atoms with van der Waals surface area (Å²) >= 11 is 0. The highest BCUT2D eigenvalue weighted by atomic mass is 16.5. The molecule has 1 saturated heterocycles. The summed E-state index contributed by atoms with van der Waals surface area (Å²) in [5, 5.41) is 13.9. The number of nitrogens with zero attached hydrogens (tertiary/aromatic N) is 1. The van der Waals surface area contributed by atoms with Gasteiger partial charge in [-0.2, -0.15) is 0 Å². The molecule has 3 saturated carbocycles. The Morgan fingerprint density at radius 2 is 1.97 bits per heavy atom. The van der Waals surface area contributed by atoms with Crippen molar-refractivity contribution in [2.75, 3.05) is 26.3 Å². The topological polar surface area (TPSA) is 78.9 Å². The van der Waals surface area contributed by atoms with Gasteiger partial charge < -0.3 is 20.1 Å². The molecule has 6 aliphatic rings. The van der Waals surface area contributed by atoms with Gasteiger partial charge in [0.15, 0.2) is 0 Å². The van der Waals surface area contributed by atoms with E-state index in [-0.39, 0.29) is 17.9 Å². The number of hydrogen-bond donors (Lipinski definition) is 2. The van der Waals surface area contributed by atoms with Crippen LogP contribution in [0.3, 0.4) is 0 Å². The Hall–Kier alpha value is -2.18. The summed E-state index contributed by atoms with van der Waals surface area (Å²) in [5.74, 6) is 1.02. The van der Waals surface area contributed by atoms with Crippen LogP contribution in [0.4, 0.5) is 0 Å². The van der Waals surface area contributed by atoms with Gasteiger partial charge in [-0.3, -0.25) is 9.59 Å².